The van der Waals surface area contributed by atoms with E-state index in [9.17, 15) is 14.9 Å². The number of nitrogens with one attached hydrogen (secondary N) is 1. The van der Waals surface area contributed by atoms with Crippen LogP contribution < -0.4 is 10.1 Å². The highest BCUT2D eigenvalue weighted by atomic mass is 35.5. The Morgan fingerprint density at radius 2 is 1.55 bits per heavy atom. The number of carbonyl (C=O) groups excluding carboxylic acids is 2. The molecular weight excluding hydrogens is 459 g/mol. The highest BCUT2D eigenvalue weighted by molar-refractivity contribution is 6.36. The minimum Gasteiger partial charge on any atom is -0.423 e. The number of benzene rings is 3. The molecule has 1 N–H and O–H groups in total. The van der Waals surface area contributed by atoms with Crippen LogP contribution in [0.2, 0.25) is 15.1 Å². The van der Waals surface area contributed by atoms with Crippen LogP contribution in [-0.2, 0) is 4.79 Å². The number of esters is 1. The zero-order chi connectivity index (χ0) is 22.4. The van der Waals surface area contributed by atoms with Crippen LogP contribution in [0.15, 0.2) is 72.3 Å². The predicted molar refractivity (Wildman–Crippen MR) is 122 cm³/mol. The summed E-state index contributed by atoms with van der Waals surface area (Å²) in [5.74, 6) is -0.855. The summed E-state index contributed by atoms with van der Waals surface area (Å²) in [4.78, 5) is 24.6. The topological polar surface area (TPSA) is 79.2 Å². The molecule has 8 heteroatoms. The van der Waals surface area contributed by atoms with Crippen molar-refractivity contribution in [2.45, 2.75) is 0 Å². The summed E-state index contributed by atoms with van der Waals surface area (Å²) < 4.78 is 5.30. The van der Waals surface area contributed by atoms with Crippen LogP contribution in [0.4, 0.5) is 5.69 Å². The second kappa shape index (κ2) is 10.1. The van der Waals surface area contributed by atoms with Crippen molar-refractivity contribution in [1.82, 2.24) is 0 Å². The van der Waals surface area contributed by atoms with Crippen LogP contribution in [0.25, 0.3) is 6.08 Å². The van der Waals surface area contributed by atoms with Crippen LogP contribution in [-0.4, -0.2) is 11.9 Å². The minimum atomic E-state index is -0.634. The van der Waals surface area contributed by atoms with E-state index in [0.29, 0.717) is 37.6 Å². The number of hydrogen-bond acceptors (Lipinski definition) is 4. The van der Waals surface area contributed by atoms with E-state index in [1.54, 1.807) is 60.7 Å². The SMILES string of the molecule is N#C/C(=C/c1ccc(OC(=O)c2ccc(Cl)cc2)cc1)C(=O)Nc1cc(Cl)ccc1Cl. The molecule has 0 saturated heterocycles. The van der Waals surface area contributed by atoms with Gasteiger partial charge in [0.15, 0.2) is 0 Å². The predicted octanol–water partition coefficient (Wildman–Crippen LogP) is 6.41. The molecule has 0 aromatic heterocycles. The molecule has 0 fully saturated rings. The van der Waals surface area contributed by atoms with E-state index in [2.05, 4.69) is 5.32 Å². The molecule has 0 heterocycles. The van der Waals surface area contributed by atoms with Crippen LogP contribution in [0.5, 0.6) is 5.75 Å². The Balaban J connectivity index is 1.70. The summed E-state index contributed by atoms with van der Waals surface area (Å²) in [7, 11) is 0. The smallest absolute Gasteiger partial charge is 0.343 e. The van der Waals surface area contributed by atoms with Gasteiger partial charge in [0.05, 0.1) is 16.3 Å². The van der Waals surface area contributed by atoms with Gasteiger partial charge in [-0.3, -0.25) is 4.79 Å². The van der Waals surface area contributed by atoms with Crippen LogP contribution in [0, 0.1) is 11.3 Å². The largest absolute Gasteiger partial charge is 0.423 e. The van der Waals surface area contributed by atoms with Crippen molar-refractivity contribution in [2.75, 3.05) is 5.32 Å². The number of carbonyl (C=O) groups is 2. The highest BCUT2D eigenvalue weighted by Gasteiger charge is 2.13. The lowest BCUT2D eigenvalue weighted by Crippen LogP contribution is -2.13. The molecule has 0 spiro atoms. The number of anilines is 1. The standard InChI is InChI=1S/C23H13Cl3N2O3/c24-17-5-3-15(4-6-17)23(30)31-19-8-1-14(2-9-19)11-16(13-27)22(29)28-21-12-18(25)7-10-20(21)26/h1-12H,(H,28,29)/b16-11-. The number of ether oxygens (including phenoxy) is 1. The maximum Gasteiger partial charge on any atom is 0.343 e. The summed E-state index contributed by atoms with van der Waals surface area (Å²) in [5.41, 5.74) is 1.08. The lowest BCUT2D eigenvalue weighted by Gasteiger charge is -2.07. The molecule has 0 bridgehead atoms. The molecule has 3 rings (SSSR count). The summed E-state index contributed by atoms with van der Waals surface area (Å²) in [6.07, 6.45) is 1.40. The number of nitrogens with zero attached hydrogens (tertiary/aromatic N) is 1. The normalized spacial score (nSPS) is 10.8. The van der Waals surface area contributed by atoms with Gasteiger partial charge in [-0.2, -0.15) is 5.26 Å². The monoisotopic (exact) mass is 470 g/mol. The van der Waals surface area contributed by atoms with Gasteiger partial charge in [0.1, 0.15) is 17.4 Å². The minimum absolute atomic E-state index is 0.137. The molecule has 31 heavy (non-hydrogen) atoms. The Kier molecular flexibility index (Phi) is 7.32. The Morgan fingerprint density at radius 1 is 0.903 bits per heavy atom. The van der Waals surface area contributed by atoms with E-state index in [1.165, 1.54) is 12.1 Å². The van der Waals surface area contributed by atoms with Gasteiger partial charge in [-0.1, -0.05) is 46.9 Å². The van der Waals surface area contributed by atoms with E-state index in [-0.39, 0.29) is 5.57 Å². The molecule has 0 atom stereocenters. The first-order chi connectivity index (χ1) is 14.9. The van der Waals surface area contributed by atoms with Crippen LogP contribution >= 0.6 is 34.8 Å². The third-order valence-corrected chi connectivity index (χ3v) is 4.84. The number of nitriles is 1. The Bertz CT molecular complexity index is 1200. The van der Waals surface area contributed by atoms with Gasteiger partial charge in [-0.15, -0.1) is 0 Å². The molecule has 154 valence electrons. The average Bonchev–Trinajstić information content (AvgIpc) is 2.76. The van der Waals surface area contributed by atoms with Gasteiger partial charge < -0.3 is 10.1 Å². The molecule has 3 aromatic rings. The third-order valence-electron chi connectivity index (χ3n) is 4.02. The number of amides is 1. The van der Waals surface area contributed by atoms with Gasteiger partial charge in [0.2, 0.25) is 0 Å². The van der Waals surface area contributed by atoms with E-state index >= 15 is 0 Å². The fourth-order valence-corrected chi connectivity index (χ4v) is 2.95. The molecule has 0 aliphatic carbocycles. The molecule has 0 aliphatic rings. The molecule has 0 radical (unpaired) electrons. The molecule has 0 aliphatic heterocycles. The van der Waals surface area contributed by atoms with Gasteiger partial charge in [-0.05, 0) is 66.2 Å². The van der Waals surface area contributed by atoms with Crippen molar-refractivity contribution in [2.24, 2.45) is 0 Å². The van der Waals surface area contributed by atoms with Crippen LogP contribution in [0.1, 0.15) is 15.9 Å². The zero-order valence-corrected chi connectivity index (χ0v) is 18.0. The first kappa shape index (κ1) is 22.4. The maximum absolute atomic E-state index is 12.4. The Morgan fingerprint density at radius 3 is 2.19 bits per heavy atom. The number of hydrogen-bond donors (Lipinski definition) is 1. The Hall–Kier alpha value is -3.30. The highest BCUT2D eigenvalue weighted by Crippen LogP contribution is 2.26. The fraction of sp³-hybridized carbons (Fsp3) is 0. The Labute approximate surface area is 193 Å². The molecule has 5 nitrogen and oxygen atoms in total. The van der Waals surface area contributed by atoms with E-state index in [1.807, 2.05) is 6.07 Å². The van der Waals surface area contributed by atoms with E-state index in [4.69, 9.17) is 39.5 Å². The molecule has 0 saturated carbocycles. The van der Waals surface area contributed by atoms with Gasteiger partial charge in [0, 0.05) is 10.0 Å². The summed E-state index contributed by atoms with van der Waals surface area (Å²) in [5, 5.41) is 13.1. The molecule has 3 aromatic carbocycles. The van der Waals surface area contributed by atoms with Crippen molar-refractivity contribution < 1.29 is 14.3 Å². The fourth-order valence-electron chi connectivity index (χ4n) is 2.48. The van der Waals surface area contributed by atoms with Crippen molar-refractivity contribution in [1.29, 1.82) is 5.26 Å². The summed E-state index contributed by atoms with van der Waals surface area (Å²) >= 11 is 17.8. The van der Waals surface area contributed by atoms with Gasteiger partial charge in [0.25, 0.3) is 5.91 Å². The zero-order valence-electron chi connectivity index (χ0n) is 15.7. The summed E-state index contributed by atoms with van der Waals surface area (Å²) in [6.45, 7) is 0. The maximum atomic E-state index is 12.4. The summed E-state index contributed by atoms with van der Waals surface area (Å²) in [6, 6.07) is 19.1. The van der Waals surface area contributed by atoms with Crippen LogP contribution in [0.3, 0.4) is 0 Å². The number of halogens is 3. The van der Waals surface area contributed by atoms with Crippen molar-refractivity contribution in [3.8, 4) is 11.8 Å². The molecular formula is C23H13Cl3N2O3. The van der Waals surface area contributed by atoms with Crippen molar-refractivity contribution in [3.05, 3.63) is 98.5 Å². The van der Waals surface area contributed by atoms with E-state index in [0.717, 1.165) is 0 Å². The number of rotatable bonds is 5. The second-order valence-electron chi connectivity index (χ2n) is 6.21. The first-order valence-corrected chi connectivity index (χ1v) is 9.95. The third kappa shape index (κ3) is 6.09. The second-order valence-corrected chi connectivity index (χ2v) is 7.49. The first-order valence-electron chi connectivity index (χ1n) is 8.82. The molecule has 1 amide bonds. The quantitative estimate of drug-likeness (QED) is 0.202. The van der Waals surface area contributed by atoms with Crippen molar-refractivity contribution in [3.63, 3.8) is 0 Å². The molecule has 0 unspecified atom stereocenters. The van der Waals surface area contributed by atoms with E-state index < -0.39 is 11.9 Å². The lowest BCUT2D eigenvalue weighted by molar-refractivity contribution is -0.112. The van der Waals surface area contributed by atoms with Gasteiger partial charge >= 0.3 is 5.97 Å². The van der Waals surface area contributed by atoms with Gasteiger partial charge in [-0.25, -0.2) is 4.79 Å². The lowest BCUT2D eigenvalue weighted by atomic mass is 10.1. The van der Waals surface area contributed by atoms with Crippen molar-refractivity contribution >= 4 is 58.4 Å². The average molecular weight is 472 g/mol.